The van der Waals surface area contributed by atoms with Gasteiger partial charge in [-0.15, -0.1) is 0 Å². The Morgan fingerprint density at radius 1 is 1.12 bits per heavy atom. The van der Waals surface area contributed by atoms with Crippen LogP contribution in [0.2, 0.25) is 0 Å². The van der Waals surface area contributed by atoms with Gasteiger partial charge in [0.2, 0.25) is 0 Å². The summed E-state index contributed by atoms with van der Waals surface area (Å²) in [7, 11) is 0. The Morgan fingerprint density at radius 2 is 1.84 bits per heavy atom. The van der Waals surface area contributed by atoms with Gasteiger partial charge in [0, 0.05) is 13.0 Å². The van der Waals surface area contributed by atoms with Gasteiger partial charge in [0.1, 0.15) is 11.5 Å². The van der Waals surface area contributed by atoms with E-state index in [9.17, 15) is 14.4 Å². The molecule has 25 heavy (non-hydrogen) atoms. The van der Waals surface area contributed by atoms with E-state index in [1.165, 1.54) is 0 Å². The van der Waals surface area contributed by atoms with Crippen LogP contribution in [0.4, 0.5) is 22.9 Å². The number of benzene rings is 1. The van der Waals surface area contributed by atoms with E-state index >= 15 is 0 Å². The highest BCUT2D eigenvalue weighted by Crippen LogP contribution is 2.41. The van der Waals surface area contributed by atoms with Crippen molar-refractivity contribution in [2.75, 3.05) is 16.8 Å². The van der Waals surface area contributed by atoms with Gasteiger partial charge in [-0.2, -0.15) is 0 Å². The summed E-state index contributed by atoms with van der Waals surface area (Å²) in [4.78, 5) is 41.4. The van der Waals surface area contributed by atoms with Crippen molar-refractivity contribution >= 4 is 28.8 Å². The molecule has 2 aromatic rings. The van der Waals surface area contributed by atoms with Crippen molar-refractivity contribution in [1.82, 2.24) is 9.97 Å². The summed E-state index contributed by atoms with van der Waals surface area (Å²) in [5.41, 5.74) is 3.03. The minimum Gasteiger partial charge on any atom is -0.481 e. The van der Waals surface area contributed by atoms with Crippen molar-refractivity contribution in [3.05, 3.63) is 44.1 Å². The molecule has 0 unspecified atom stereocenters. The molecule has 4 N–H and O–H groups in total. The van der Waals surface area contributed by atoms with E-state index in [2.05, 4.69) is 15.3 Å². The highest BCUT2D eigenvalue weighted by atomic mass is 16.4. The lowest BCUT2D eigenvalue weighted by atomic mass is 10.0. The first kappa shape index (κ1) is 16.8. The fourth-order valence-electron chi connectivity index (χ4n) is 2.95. The third-order valence-electron chi connectivity index (χ3n) is 4.38. The number of hydrogen-bond acceptors (Lipinski definition) is 5. The SMILES string of the molecule is Cc1cc2c(cc1C)N(CCCCC(=O)O)c1[nH]c(=O)[nH]c(=O)c1N2. The Bertz CT molecular complexity index is 945. The number of unbranched alkanes of at least 4 members (excludes halogenated alkanes) is 1. The predicted molar refractivity (Wildman–Crippen MR) is 95.4 cm³/mol. The second-order valence-corrected chi connectivity index (χ2v) is 6.21. The highest BCUT2D eigenvalue weighted by molar-refractivity contribution is 5.90. The molecule has 8 nitrogen and oxygen atoms in total. The quantitative estimate of drug-likeness (QED) is 0.617. The van der Waals surface area contributed by atoms with E-state index in [-0.39, 0.29) is 12.1 Å². The molecule has 1 aromatic carbocycles. The lowest BCUT2D eigenvalue weighted by Gasteiger charge is -2.33. The van der Waals surface area contributed by atoms with Crippen molar-refractivity contribution in [2.45, 2.75) is 33.1 Å². The number of fused-ring (bicyclic) bond motifs is 2. The van der Waals surface area contributed by atoms with Gasteiger partial charge in [-0.3, -0.25) is 19.6 Å². The molecule has 0 aliphatic carbocycles. The number of carboxylic acid groups (broad SMARTS) is 1. The highest BCUT2D eigenvalue weighted by Gasteiger charge is 2.26. The van der Waals surface area contributed by atoms with Crippen LogP contribution in [0.25, 0.3) is 0 Å². The molecule has 132 valence electrons. The zero-order valence-corrected chi connectivity index (χ0v) is 14.1. The molecule has 2 heterocycles. The Labute approximate surface area is 143 Å². The summed E-state index contributed by atoms with van der Waals surface area (Å²) >= 11 is 0. The van der Waals surface area contributed by atoms with Gasteiger partial charge in [0.05, 0.1) is 11.4 Å². The van der Waals surface area contributed by atoms with Gasteiger partial charge in [0.15, 0.2) is 0 Å². The molecule has 8 heteroatoms. The molecule has 0 bridgehead atoms. The second kappa shape index (κ2) is 6.46. The Balaban J connectivity index is 2.03. The smallest absolute Gasteiger partial charge is 0.327 e. The van der Waals surface area contributed by atoms with Crippen LogP contribution in [0.5, 0.6) is 0 Å². The molecule has 0 saturated heterocycles. The van der Waals surface area contributed by atoms with E-state index in [1.807, 2.05) is 30.9 Å². The fraction of sp³-hybridized carbons (Fsp3) is 0.353. The number of nitrogens with one attached hydrogen (secondary N) is 3. The van der Waals surface area contributed by atoms with Crippen LogP contribution >= 0.6 is 0 Å². The average Bonchev–Trinajstić information content (AvgIpc) is 2.53. The molecule has 3 rings (SSSR count). The van der Waals surface area contributed by atoms with Crippen LogP contribution in [-0.4, -0.2) is 27.6 Å². The molecule has 0 fully saturated rings. The van der Waals surface area contributed by atoms with Crippen molar-refractivity contribution in [2.24, 2.45) is 0 Å². The largest absolute Gasteiger partial charge is 0.481 e. The molecular weight excluding hydrogens is 324 g/mol. The maximum absolute atomic E-state index is 12.2. The Morgan fingerprint density at radius 3 is 2.56 bits per heavy atom. The molecular formula is C17H20N4O4. The average molecular weight is 344 g/mol. The minimum atomic E-state index is -0.836. The van der Waals surface area contributed by atoms with Crippen molar-refractivity contribution < 1.29 is 9.90 Å². The van der Waals surface area contributed by atoms with Crippen LogP contribution in [0, 0.1) is 13.8 Å². The number of aryl methyl sites for hydroxylation is 2. The van der Waals surface area contributed by atoms with Crippen LogP contribution in [0.3, 0.4) is 0 Å². The lowest BCUT2D eigenvalue weighted by Crippen LogP contribution is -2.34. The van der Waals surface area contributed by atoms with Crippen molar-refractivity contribution in [1.29, 1.82) is 0 Å². The van der Waals surface area contributed by atoms with E-state index in [0.29, 0.717) is 25.2 Å². The number of H-pyrrole nitrogens is 2. The van der Waals surface area contributed by atoms with Crippen molar-refractivity contribution in [3.8, 4) is 0 Å². The van der Waals surface area contributed by atoms with Crippen LogP contribution in [0.1, 0.15) is 30.4 Å². The van der Waals surface area contributed by atoms with E-state index in [0.717, 1.165) is 22.5 Å². The maximum Gasteiger partial charge on any atom is 0.327 e. The first-order valence-corrected chi connectivity index (χ1v) is 8.11. The number of aromatic nitrogens is 2. The number of hydrogen-bond donors (Lipinski definition) is 4. The summed E-state index contributed by atoms with van der Waals surface area (Å²) in [6.45, 7) is 4.48. The fourth-order valence-corrected chi connectivity index (χ4v) is 2.95. The monoisotopic (exact) mass is 344 g/mol. The zero-order chi connectivity index (χ0) is 18.1. The standard InChI is InChI=1S/C17H20N4O4/c1-9-7-11-12(8-10(9)2)21(6-4-3-5-13(22)23)15-14(18-11)16(24)20-17(25)19-15/h7-8,18H,3-6H2,1-2H3,(H,22,23)(H2,19,20,24,25). The third-order valence-corrected chi connectivity index (χ3v) is 4.38. The molecule has 1 aromatic heterocycles. The summed E-state index contributed by atoms with van der Waals surface area (Å²) in [6, 6.07) is 3.96. The van der Waals surface area contributed by atoms with Crippen LogP contribution < -0.4 is 21.5 Å². The number of rotatable bonds is 5. The third kappa shape index (κ3) is 3.28. The molecule has 1 aliphatic rings. The lowest BCUT2D eigenvalue weighted by molar-refractivity contribution is -0.137. The summed E-state index contributed by atoms with van der Waals surface area (Å²) in [5.74, 6) is -0.433. The minimum absolute atomic E-state index is 0.0879. The van der Waals surface area contributed by atoms with E-state index in [1.54, 1.807) is 0 Å². The topological polar surface area (TPSA) is 118 Å². The van der Waals surface area contributed by atoms with Gasteiger partial charge in [-0.05, 0) is 49.9 Å². The Hall–Kier alpha value is -3.03. The molecule has 0 atom stereocenters. The molecule has 1 aliphatic heterocycles. The number of carboxylic acids is 1. The number of aliphatic carboxylic acids is 1. The van der Waals surface area contributed by atoms with E-state index in [4.69, 9.17) is 5.11 Å². The summed E-state index contributed by atoms with van der Waals surface area (Å²) in [6.07, 6.45) is 1.22. The normalized spacial score (nSPS) is 12.3. The second-order valence-electron chi connectivity index (χ2n) is 6.21. The van der Waals surface area contributed by atoms with Gasteiger partial charge in [-0.25, -0.2) is 4.79 Å². The maximum atomic E-state index is 12.2. The van der Waals surface area contributed by atoms with Crippen LogP contribution in [0.15, 0.2) is 21.7 Å². The molecule has 0 spiro atoms. The summed E-state index contributed by atoms with van der Waals surface area (Å²) in [5, 5.41) is 11.9. The van der Waals surface area contributed by atoms with E-state index < -0.39 is 17.2 Å². The number of nitrogens with zero attached hydrogens (tertiary/aromatic N) is 1. The van der Waals surface area contributed by atoms with Gasteiger partial charge in [-0.1, -0.05) is 0 Å². The first-order valence-electron chi connectivity index (χ1n) is 8.11. The van der Waals surface area contributed by atoms with Gasteiger partial charge in [0.25, 0.3) is 5.56 Å². The number of aromatic amines is 2. The van der Waals surface area contributed by atoms with Gasteiger partial charge < -0.3 is 15.3 Å². The number of carbonyl (C=O) groups is 1. The molecule has 0 saturated carbocycles. The van der Waals surface area contributed by atoms with Crippen LogP contribution in [-0.2, 0) is 4.79 Å². The Kier molecular flexibility index (Phi) is 4.35. The molecule has 0 radical (unpaired) electrons. The summed E-state index contributed by atoms with van der Waals surface area (Å²) < 4.78 is 0. The predicted octanol–water partition coefficient (Wildman–Crippen LogP) is 2.13. The molecule has 0 amide bonds. The first-order chi connectivity index (χ1) is 11.9. The zero-order valence-electron chi connectivity index (χ0n) is 14.1. The van der Waals surface area contributed by atoms with Crippen molar-refractivity contribution in [3.63, 3.8) is 0 Å². The van der Waals surface area contributed by atoms with Gasteiger partial charge >= 0.3 is 11.7 Å². The number of anilines is 4.